The number of carbonyl (C=O) groups excluding carboxylic acids is 2. The Morgan fingerprint density at radius 3 is 2.22 bits per heavy atom. The van der Waals surface area contributed by atoms with Gasteiger partial charge in [0.1, 0.15) is 6.04 Å². The Labute approximate surface area is 272 Å². The van der Waals surface area contributed by atoms with Crippen LogP contribution in [0.25, 0.3) is 0 Å². The van der Waals surface area contributed by atoms with Crippen LogP contribution in [0.4, 0.5) is 5.69 Å². The summed E-state index contributed by atoms with van der Waals surface area (Å²) in [6.07, 6.45) is 0. The molecule has 11 nitrogen and oxygen atoms in total. The molecular formula is C34H36N4O7S. The molecule has 12 heteroatoms. The first-order valence-corrected chi connectivity index (χ1v) is 15.5. The number of thioether (sulfide) groups is 1. The number of aryl methyl sites for hydroxylation is 3. The molecule has 3 aromatic carbocycles. The van der Waals surface area contributed by atoms with Gasteiger partial charge >= 0.3 is 0 Å². The molecule has 0 saturated heterocycles. The summed E-state index contributed by atoms with van der Waals surface area (Å²) >= 11 is 1.22. The highest BCUT2D eigenvalue weighted by Crippen LogP contribution is 2.42. The molecule has 46 heavy (non-hydrogen) atoms. The van der Waals surface area contributed by atoms with Gasteiger partial charge in [-0.3, -0.25) is 9.59 Å². The average Bonchev–Trinajstić information content (AvgIpc) is 3.51. The lowest BCUT2D eigenvalue weighted by atomic mass is 10.0. The summed E-state index contributed by atoms with van der Waals surface area (Å²) in [6, 6.07) is 17.0. The Bertz CT molecular complexity index is 1700. The van der Waals surface area contributed by atoms with Crippen molar-refractivity contribution in [3.8, 4) is 28.7 Å². The van der Waals surface area contributed by atoms with Gasteiger partial charge in [0.25, 0.3) is 5.91 Å². The van der Waals surface area contributed by atoms with Crippen LogP contribution in [-0.2, 0) is 16.1 Å². The number of fused-ring (bicyclic) bond motifs is 1. The van der Waals surface area contributed by atoms with E-state index in [1.165, 1.54) is 33.1 Å². The van der Waals surface area contributed by atoms with Gasteiger partial charge in [0, 0.05) is 29.7 Å². The molecule has 0 radical (unpaired) electrons. The van der Waals surface area contributed by atoms with Crippen molar-refractivity contribution in [2.45, 2.75) is 38.5 Å². The molecule has 0 bridgehead atoms. The molecule has 1 aliphatic heterocycles. The Morgan fingerprint density at radius 2 is 1.57 bits per heavy atom. The summed E-state index contributed by atoms with van der Waals surface area (Å²) in [5, 5.41) is 3.47. The number of anilines is 1. The highest BCUT2D eigenvalue weighted by atomic mass is 32.2. The Balaban J connectivity index is 1.59. The highest BCUT2D eigenvalue weighted by molar-refractivity contribution is 7.99. The van der Waals surface area contributed by atoms with Gasteiger partial charge in [0.05, 0.1) is 27.1 Å². The first kappa shape index (κ1) is 32.4. The first-order chi connectivity index (χ1) is 22.2. The van der Waals surface area contributed by atoms with Crippen molar-refractivity contribution in [3.63, 3.8) is 0 Å². The number of carbonyl (C=O) groups is 2. The molecule has 2 amide bonds. The van der Waals surface area contributed by atoms with Gasteiger partial charge in [0.2, 0.25) is 18.4 Å². The number of methoxy groups -OCH3 is 3. The van der Waals surface area contributed by atoms with Gasteiger partial charge in [0.15, 0.2) is 28.2 Å². The maximum atomic E-state index is 14.4. The second kappa shape index (κ2) is 14.4. The summed E-state index contributed by atoms with van der Waals surface area (Å²) < 4.78 is 27.8. The van der Waals surface area contributed by atoms with E-state index in [4.69, 9.17) is 23.7 Å². The van der Waals surface area contributed by atoms with Crippen molar-refractivity contribution in [3.05, 3.63) is 88.7 Å². The summed E-state index contributed by atoms with van der Waals surface area (Å²) in [5.74, 6) is 1.40. The van der Waals surface area contributed by atoms with Crippen LogP contribution < -0.4 is 29.0 Å². The minimum absolute atomic E-state index is 0.00694. The maximum Gasteiger partial charge on any atom is 0.251 e. The third-order valence-corrected chi connectivity index (χ3v) is 8.24. The number of ether oxygens (including phenoxy) is 5. The van der Waals surface area contributed by atoms with Gasteiger partial charge in [-0.25, -0.2) is 9.97 Å². The van der Waals surface area contributed by atoms with E-state index in [1.807, 2.05) is 51.1 Å². The first-order valence-electron chi connectivity index (χ1n) is 14.5. The fourth-order valence-corrected chi connectivity index (χ4v) is 6.01. The predicted octanol–water partition coefficient (Wildman–Crippen LogP) is 5.66. The van der Waals surface area contributed by atoms with Crippen molar-refractivity contribution in [1.82, 2.24) is 14.9 Å². The van der Waals surface area contributed by atoms with E-state index >= 15 is 0 Å². The number of amides is 2. The van der Waals surface area contributed by atoms with Gasteiger partial charge in [-0.2, -0.15) is 0 Å². The molecule has 1 atom stereocenters. The van der Waals surface area contributed by atoms with Crippen LogP contribution in [0.1, 0.15) is 34.1 Å². The molecule has 1 aromatic heterocycles. The molecule has 0 spiro atoms. The Hall–Kier alpha value is -4.97. The normalized spacial score (nSPS) is 12.3. The largest absolute Gasteiger partial charge is 0.493 e. The summed E-state index contributed by atoms with van der Waals surface area (Å²) in [7, 11) is 4.50. The Morgan fingerprint density at radius 1 is 0.891 bits per heavy atom. The quantitative estimate of drug-likeness (QED) is 0.153. The summed E-state index contributed by atoms with van der Waals surface area (Å²) in [5.41, 5.74) is 4.41. The zero-order valence-corrected chi connectivity index (χ0v) is 27.4. The zero-order chi connectivity index (χ0) is 32.8. The molecule has 0 aliphatic carbocycles. The predicted molar refractivity (Wildman–Crippen MR) is 174 cm³/mol. The van der Waals surface area contributed by atoms with Crippen LogP contribution in [0.2, 0.25) is 0 Å². The number of aromatic nitrogens is 2. The van der Waals surface area contributed by atoms with Crippen LogP contribution in [-0.4, -0.2) is 60.6 Å². The van der Waals surface area contributed by atoms with Gasteiger partial charge in [-0.05, 0) is 67.8 Å². The standard InChI is InChI=1S/C34H36N4O7S/c1-20-9-7-8-10-23(20)17-38(30(39)18-46-34-35-21(2)13-22(3)36-34)31(24-14-28(41-4)32(43-6)29(15-24)42-5)33(40)37-25-11-12-26-27(16-25)45-19-44-26/h7-16,31H,17-19H2,1-6H3,(H,37,40)/t31-/m0/s1. The molecule has 0 fully saturated rings. The van der Waals surface area contributed by atoms with E-state index in [0.29, 0.717) is 45.2 Å². The van der Waals surface area contributed by atoms with Crippen molar-refractivity contribution < 1.29 is 33.3 Å². The number of hydrogen-bond donors (Lipinski definition) is 1. The lowest BCUT2D eigenvalue weighted by Gasteiger charge is -2.32. The lowest BCUT2D eigenvalue weighted by molar-refractivity contribution is -0.137. The minimum atomic E-state index is -1.12. The number of rotatable bonds is 12. The zero-order valence-electron chi connectivity index (χ0n) is 26.6. The highest BCUT2D eigenvalue weighted by Gasteiger charge is 2.34. The minimum Gasteiger partial charge on any atom is -0.493 e. The number of nitrogens with one attached hydrogen (secondary N) is 1. The van der Waals surface area contributed by atoms with Crippen molar-refractivity contribution in [2.75, 3.05) is 39.2 Å². The van der Waals surface area contributed by atoms with E-state index < -0.39 is 11.9 Å². The smallest absolute Gasteiger partial charge is 0.251 e. The van der Waals surface area contributed by atoms with Crippen LogP contribution >= 0.6 is 11.8 Å². The fraction of sp³-hybridized carbons (Fsp3) is 0.294. The number of hydrogen-bond acceptors (Lipinski definition) is 10. The van der Waals surface area contributed by atoms with E-state index in [1.54, 1.807) is 35.2 Å². The van der Waals surface area contributed by atoms with Gasteiger partial charge < -0.3 is 33.9 Å². The number of benzene rings is 3. The molecule has 4 aromatic rings. The third-order valence-electron chi connectivity index (χ3n) is 7.41. The van der Waals surface area contributed by atoms with E-state index in [2.05, 4.69) is 15.3 Å². The van der Waals surface area contributed by atoms with Crippen molar-refractivity contribution in [1.29, 1.82) is 0 Å². The molecule has 0 saturated carbocycles. The molecular weight excluding hydrogens is 608 g/mol. The topological polar surface area (TPSA) is 121 Å². The van der Waals surface area contributed by atoms with Gasteiger partial charge in [-0.15, -0.1) is 0 Å². The molecule has 5 rings (SSSR count). The second-order valence-corrected chi connectivity index (χ2v) is 11.5. The lowest BCUT2D eigenvalue weighted by Crippen LogP contribution is -2.42. The average molecular weight is 645 g/mol. The number of nitrogens with zero attached hydrogens (tertiary/aromatic N) is 3. The molecule has 2 heterocycles. The summed E-state index contributed by atoms with van der Waals surface area (Å²) in [6.45, 7) is 5.98. The monoisotopic (exact) mass is 644 g/mol. The third kappa shape index (κ3) is 7.28. The van der Waals surface area contributed by atoms with Crippen molar-refractivity contribution in [2.24, 2.45) is 0 Å². The van der Waals surface area contributed by atoms with Crippen molar-refractivity contribution >= 4 is 29.3 Å². The Kier molecular flexibility index (Phi) is 10.2. The van der Waals surface area contributed by atoms with Crippen LogP contribution in [0, 0.1) is 20.8 Å². The van der Waals surface area contributed by atoms with Crippen LogP contribution in [0.5, 0.6) is 28.7 Å². The second-order valence-electron chi connectivity index (χ2n) is 10.6. The maximum absolute atomic E-state index is 14.4. The SMILES string of the molecule is COc1cc([C@@H](C(=O)Nc2ccc3c(c2)OCO3)N(Cc2ccccc2C)C(=O)CSc2nc(C)cc(C)n2)cc(OC)c1OC. The molecule has 240 valence electrons. The van der Waals surface area contributed by atoms with Crippen LogP contribution in [0.15, 0.2) is 65.8 Å². The van der Waals surface area contributed by atoms with E-state index in [0.717, 1.165) is 22.5 Å². The molecule has 1 N–H and O–H groups in total. The fourth-order valence-electron chi connectivity index (χ4n) is 5.18. The van der Waals surface area contributed by atoms with E-state index in [9.17, 15) is 9.59 Å². The van der Waals surface area contributed by atoms with Crippen LogP contribution in [0.3, 0.4) is 0 Å². The van der Waals surface area contributed by atoms with Gasteiger partial charge in [-0.1, -0.05) is 36.0 Å². The molecule has 1 aliphatic rings. The molecule has 0 unspecified atom stereocenters. The van der Waals surface area contributed by atoms with E-state index in [-0.39, 0.29) is 25.0 Å². The summed E-state index contributed by atoms with van der Waals surface area (Å²) in [4.78, 5) is 39.3.